The van der Waals surface area contributed by atoms with Gasteiger partial charge in [0.25, 0.3) is 0 Å². The number of benzene rings is 1. The molecule has 1 saturated carbocycles. The standard InChI is InChI=1S/C14H13F2NO2S/c15-14(16)5-3-8(4-6-14)12-17-10-2-1-9(13(18)19)7-11(10)20-12/h1-2,7-8H,3-6H2,(H,18,19). The number of carboxylic acid groups (broad SMARTS) is 1. The number of aromatic nitrogens is 1. The first-order chi connectivity index (χ1) is 9.44. The van der Waals surface area contributed by atoms with Crippen molar-refractivity contribution in [3.63, 3.8) is 0 Å². The summed E-state index contributed by atoms with van der Waals surface area (Å²) in [5.41, 5.74) is 0.968. The Hall–Kier alpha value is -1.56. The first-order valence-corrected chi connectivity index (χ1v) is 7.28. The second-order valence-corrected chi connectivity index (χ2v) is 6.23. The second-order valence-electron chi connectivity index (χ2n) is 5.17. The molecular formula is C14H13F2NO2S. The number of fused-ring (bicyclic) bond motifs is 1. The Kier molecular flexibility index (Phi) is 3.20. The number of carbonyl (C=O) groups is 1. The zero-order valence-electron chi connectivity index (χ0n) is 10.6. The van der Waals surface area contributed by atoms with E-state index in [2.05, 4.69) is 4.98 Å². The lowest BCUT2D eigenvalue weighted by molar-refractivity contribution is -0.0382. The van der Waals surface area contributed by atoms with E-state index < -0.39 is 11.9 Å². The van der Waals surface area contributed by atoms with Crippen LogP contribution in [-0.4, -0.2) is 22.0 Å². The molecule has 1 fully saturated rings. The van der Waals surface area contributed by atoms with E-state index >= 15 is 0 Å². The molecule has 0 amide bonds. The van der Waals surface area contributed by atoms with E-state index in [1.165, 1.54) is 17.4 Å². The highest BCUT2D eigenvalue weighted by molar-refractivity contribution is 7.18. The van der Waals surface area contributed by atoms with Gasteiger partial charge in [0.15, 0.2) is 0 Å². The van der Waals surface area contributed by atoms with Crippen LogP contribution in [0, 0.1) is 0 Å². The number of aromatic carboxylic acids is 1. The van der Waals surface area contributed by atoms with Gasteiger partial charge in [0, 0.05) is 18.8 Å². The summed E-state index contributed by atoms with van der Waals surface area (Å²) in [5, 5.41) is 9.80. The van der Waals surface area contributed by atoms with Gasteiger partial charge < -0.3 is 5.11 Å². The zero-order chi connectivity index (χ0) is 14.3. The lowest BCUT2D eigenvalue weighted by Gasteiger charge is -2.26. The Morgan fingerprint density at radius 1 is 1.35 bits per heavy atom. The first-order valence-electron chi connectivity index (χ1n) is 6.46. The Morgan fingerprint density at radius 3 is 2.70 bits per heavy atom. The molecule has 6 heteroatoms. The zero-order valence-corrected chi connectivity index (χ0v) is 11.4. The maximum Gasteiger partial charge on any atom is 0.335 e. The van der Waals surface area contributed by atoms with E-state index in [-0.39, 0.29) is 24.3 Å². The fourth-order valence-corrected chi connectivity index (χ4v) is 3.71. The molecule has 0 radical (unpaired) electrons. The first kappa shape index (κ1) is 13.4. The van der Waals surface area contributed by atoms with Gasteiger partial charge in [-0.15, -0.1) is 11.3 Å². The predicted molar refractivity (Wildman–Crippen MR) is 72.7 cm³/mol. The number of hydrogen-bond acceptors (Lipinski definition) is 3. The lowest BCUT2D eigenvalue weighted by atomic mass is 9.87. The third-order valence-electron chi connectivity index (χ3n) is 3.72. The molecule has 106 valence electrons. The van der Waals surface area contributed by atoms with E-state index in [0.29, 0.717) is 12.8 Å². The number of halogens is 2. The van der Waals surface area contributed by atoms with Crippen LogP contribution >= 0.6 is 11.3 Å². The molecule has 1 heterocycles. The highest BCUT2D eigenvalue weighted by Crippen LogP contribution is 2.42. The molecule has 1 aromatic carbocycles. The van der Waals surface area contributed by atoms with Crippen molar-refractivity contribution in [2.24, 2.45) is 0 Å². The van der Waals surface area contributed by atoms with Gasteiger partial charge in [-0.05, 0) is 31.0 Å². The average molecular weight is 297 g/mol. The van der Waals surface area contributed by atoms with Crippen molar-refractivity contribution in [1.29, 1.82) is 0 Å². The Bertz CT molecular complexity index is 658. The third kappa shape index (κ3) is 2.52. The van der Waals surface area contributed by atoms with Crippen molar-refractivity contribution in [2.45, 2.75) is 37.5 Å². The third-order valence-corrected chi connectivity index (χ3v) is 4.90. The molecule has 0 spiro atoms. The van der Waals surface area contributed by atoms with Gasteiger partial charge in [0.1, 0.15) is 0 Å². The van der Waals surface area contributed by atoms with Crippen LogP contribution in [0.1, 0.15) is 47.0 Å². The number of thiazole rings is 1. The number of nitrogens with zero attached hydrogens (tertiary/aromatic N) is 1. The number of rotatable bonds is 2. The van der Waals surface area contributed by atoms with Crippen LogP contribution < -0.4 is 0 Å². The molecule has 1 aliphatic rings. The average Bonchev–Trinajstić information content (AvgIpc) is 2.81. The topological polar surface area (TPSA) is 50.2 Å². The van der Waals surface area contributed by atoms with E-state index in [9.17, 15) is 13.6 Å². The SMILES string of the molecule is O=C(O)c1ccc2nc(C3CCC(F)(F)CC3)sc2c1. The van der Waals surface area contributed by atoms with Crippen molar-refractivity contribution in [3.05, 3.63) is 28.8 Å². The number of hydrogen-bond donors (Lipinski definition) is 1. The summed E-state index contributed by atoms with van der Waals surface area (Å²) in [4.78, 5) is 15.4. The maximum absolute atomic E-state index is 13.2. The van der Waals surface area contributed by atoms with Crippen LogP contribution in [-0.2, 0) is 0 Å². The fourth-order valence-electron chi connectivity index (χ4n) is 2.54. The molecular weight excluding hydrogens is 284 g/mol. The summed E-state index contributed by atoms with van der Waals surface area (Å²) in [6.07, 6.45) is 0.707. The van der Waals surface area contributed by atoms with Gasteiger partial charge in [-0.3, -0.25) is 0 Å². The molecule has 3 nitrogen and oxygen atoms in total. The molecule has 0 bridgehead atoms. The van der Waals surface area contributed by atoms with Crippen LogP contribution in [0.25, 0.3) is 10.2 Å². The monoisotopic (exact) mass is 297 g/mol. The second kappa shape index (κ2) is 4.77. The summed E-state index contributed by atoms with van der Waals surface area (Å²) in [6.45, 7) is 0. The van der Waals surface area contributed by atoms with Gasteiger partial charge in [-0.1, -0.05) is 0 Å². The highest BCUT2D eigenvalue weighted by Gasteiger charge is 2.36. The van der Waals surface area contributed by atoms with Crippen molar-refractivity contribution in [3.8, 4) is 0 Å². The van der Waals surface area contributed by atoms with E-state index in [1.54, 1.807) is 12.1 Å². The van der Waals surface area contributed by atoms with Gasteiger partial charge >= 0.3 is 5.97 Å². The minimum Gasteiger partial charge on any atom is -0.478 e. The Balaban J connectivity index is 1.88. The molecule has 20 heavy (non-hydrogen) atoms. The largest absolute Gasteiger partial charge is 0.478 e. The van der Waals surface area contributed by atoms with Crippen LogP contribution in [0.2, 0.25) is 0 Å². The van der Waals surface area contributed by atoms with Crippen molar-refractivity contribution >= 4 is 27.5 Å². The molecule has 2 aromatic rings. The van der Waals surface area contributed by atoms with E-state index in [1.807, 2.05) is 0 Å². The minimum atomic E-state index is -2.54. The molecule has 0 saturated heterocycles. The molecule has 3 rings (SSSR count). The van der Waals surface area contributed by atoms with Gasteiger partial charge in [-0.25, -0.2) is 18.6 Å². The molecule has 0 unspecified atom stereocenters. The summed E-state index contributed by atoms with van der Waals surface area (Å²) < 4.78 is 27.1. The van der Waals surface area contributed by atoms with Crippen LogP contribution in [0.5, 0.6) is 0 Å². The number of alkyl halides is 2. The number of carboxylic acids is 1. The van der Waals surface area contributed by atoms with Crippen molar-refractivity contribution < 1.29 is 18.7 Å². The van der Waals surface area contributed by atoms with Gasteiger partial charge in [0.2, 0.25) is 5.92 Å². The molecule has 1 aliphatic carbocycles. The molecule has 1 aromatic heterocycles. The fraction of sp³-hybridized carbons (Fsp3) is 0.429. The normalized spacial score (nSPS) is 19.3. The van der Waals surface area contributed by atoms with E-state index in [4.69, 9.17) is 5.11 Å². The summed E-state index contributed by atoms with van der Waals surface area (Å²) in [6, 6.07) is 4.79. The molecule has 0 aliphatic heterocycles. The maximum atomic E-state index is 13.2. The van der Waals surface area contributed by atoms with Crippen molar-refractivity contribution in [2.75, 3.05) is 0 Å². The Labute approximate surface area is 118 Å². The van der Waals surface area contributed by atoms with Crippen molar-refractivity contribution in [1.82, 2.24) is 4.98 Å². The van der Waals surface area contributed by atoms with Gasteiger partial charge in [0.05, 0.1) is 20.8 Å². The predicted octanol–water partition coefficient (Wildman–Crippen LogP) is 4.29. The minimum absolute atomic E-state index is 0.0697. The smallest absolute Gasteiger partial charge is 0.335 e. The van der Waals surface area contributed by atoms with Gasteiger partial charge in [-0.2, -0.15) is 0 Å². The summed E-state index contributed by atoms with van der Waals surface area (Å²) in [5.74, 6) is -3.44. The quantitative estimate of drug-likeness (QED) is 0.899. The Morgan fingerprint density at radius 2 is 2.05 bits per heavy atom. The van der Waals surface area contributed by atoms with Crippen LogP contribution in [0.15, 0.2) is 18.2 Å². The van der Waals surface area contributed by atoms with Crippen LogP contribution in [0.4, 0.5) is 8.78 Å². The lowest BCUT2D eigenvalue weighted by Crippen LogP contribution is -2.23. The molecule has 1 N–H and O–H groups in total. The summed E-state index contributed by atoms with van der Waals surface area (Å²) in [7, 11) is 0. The molecule has 0 atom stereocenters. The highest BCUT2D eigenvalue weighted by atomic mass is 32.1. The summed E-state index contributed by atoms with van der Waals surface area (Å²) >= 11 is 1.42. The van der Waals surface area contributed by atoms with Crippen LogP contribution in [0.3, 0.4) is 0 Å². The van der Waals surface area contributed by atoms with E-state index in [0.717, 1.165) is 15.2 Å².